The van der Waals surface area contributed by atoms with Crippen molar-refractivity contribution in [1.29, 1.82) is 0 Å². The highest BCUT2D eigenvalue weighted by Gasteiger charge is 2.52. The van der Waals surface area contributed by atoms with Gasteiger partial charge in [-0.25, -0.2) is 33.1 Å². The number of imidazole rings is 2. The first kappa shape index (κ1) is 86.5. The number of rotatable bonds is 19. The summed E-state index contributed by atoms with van der Waals surface area (Å²) in [6.07, 6.45) is 6.17. The number of nitrogens with two attached hydrogens (primary N) is 1. The first-order valence-corrected chi connectivity index (χ1v) is 36.3. The van der Waals surface area contributed by atoms with Gasteiger partial charge in [0.05, 0.1) is 26.7 Å². The molecule has 1 aliphatic rings. The minimum atomic E-state index is -1.01. The summed E-state index contributed by atoms with van der Waals surface area (Å²) in [5.74, 6) is -2.50. The SMILES string of the molecule is C.CC(C)n1c(=O)n(C)c2nnc3cc(F)c(-c4ccc(C(=O)NCCN(C)C)nc4)cc3c21.CC(C)n1c(=O)n(C)c2nnc3cc(F)c(Br)cc3c21.CN(C)CCN.CN(C)CCNC(=O)c1ccc(B2OC(C)(C)C(C)(C)O2)cn1.CN(C)CCNC(=O)c1ccc(Br)cn1.O=C(O)c1ccc(Br)cn1.[2HH].[2HH].[2H][2H].[2H][2H]. The number of nitrogens with one attached hydrogen (secondary N) is 3. The predicted molar refractivity (Wildman–Crippen MR) is 438 cm³/mol. The Kier molecular flexibility index (Phi) is 32.5. The van der Waals surface area contributed by atoms with Gasteiger partial charge in [-0.05, 0) is 208 Å². The van der Waals surface area contributed by atoms with E-state index < -0.39 is 24.7 Å². The number of aryl methyl sites for hydroxylation is 2. The Bertz CT molecular complexity index is 4830. The fourth-order valence-corrected chi connectivity index (χ4v) is 10.9. The van der Waals surface area contributed by atoms with Crippen molar-refractivity contribution in [2.75, 3.05) is 109 Å². The molecule has 3 amide bonds. The summed E-state index contributed by atoms with van der Waals surface area (Å²) in [5.41, 5.74) is 9.81. The fraction of sp³-hybridized carbons (Fsp3) is 0.425. The van der Waals surface area contributed by atoms with Crippen molar-refractivity contribution < 1.29 is 51.2 Å². The Morgan fingerprint density at radius 2 is 0.944 bits per heavy atom. The lowest BCUT2D eigenvalue weighted by Gasteiger charge is -2.32. The van der Waals surface area contributed by atoms with Crippen LogP contribution in [0.5, 0.6) is 0 Å². The van der Waals surface area contributed by atoms with Crippen LogP contribution in [0.1, 0.15) is 126 Å². The summed E-state index contributed by atoms with van der Waals surface area (Å²) in [5, 5.41) is 34.5. The Balaban J connectivity index is 0.000000715. The van der Waals surface area contributed by atoms with E-state index in [0.29, 0.717) is 97.3 Å². The zero-order chi connectivity index (χ0) is 83.5. The molecule has 29 nitrogen and oxygen atoms in total. The van der Waals surface area contributed by atoms with Crippen LogP contribution < -0.4 is 38.5 Å². The van der Waals surface area contributed by atoms with Gasteiger partial charge in [0.25, 0.3) is 17.7 Å². The second kappa shape index (κ2) is 40.6. The highest BCUT2D eigenvalue weighted by atomic mass is 79.9. The third kappa shape index (κ3) is 24.1. The molecule has 0 atom stereocenters. The van der Waals surface area contributed by atoms with Crippen LogP contribution in [0.25, 0.3) is 55.3 Å². The second-order valence-electron chi connectivity index (χ2n) is 27.3. The molecule has 0 bridgehead atoms. The summed E-state index contributed by atoms with van der Waals surface area (Å²) in [4.78, 5) is 95.2. The Morgan fingerprint density at radius 3 is 1.29 bits per heavy atom. The van der Waals surface area contributed by atoms with Gasteiger partial charge in [0.2, 0.25) is 0 Å². The molecule has 0 spiro atoms. The van der Waals surface area contributed by atoms with E-state index in [0.717, 1.165) is 40.6 Å². The number of pyridine rings is 4. The molecule has 0 radical (unpaired) electrons. The number of aromatic nitrogens is 12. The lowest BCUT2D eigenvalue weighted by atomic mass is 9.80. The molecular formula is C73H106BBr3F2N20O9. The monoisotopic (exact) mass is 1700 g/mol. The van der Waals surface area contributed by atoms with Gasteiger partial charge in [-0.15, -0.1) is 20.4 Å². The van der Waals surface area contributed by atoms with Crippen LogP contribution >= 0.6 is 47.8 Å². The highest BCUT2D eigenvalue weighted by molar-refractivity contribution is 9.11. The second-order valence-corrected chi connectivity index (χ2v) is 30.0. The van der Waals surface area contributed by atoms with Crippen LogP contribution in [0.4, 0.5) is 8.78 Å². The molecular weight excluding hydrogens is 1590 g/mol. The van der Waals surface area contributed by atoms with E-state index in [-0.39, 0.29) is 74.1 Å². The molecule has 0 aliphatic carbocycles. The zero-order valence-corrected chi connectivity index (χ0v) is 68.2. The van der Waals surface area contributed by atoms with E-state index >= 15 is 0 Å². The summed E-state index contributed by atoms with van der Waals surface area (Å²) in [6, 6.07) is 19.1. The van der Waals surface area contributed by atoms with Crippen molar-refractivity contribution in [1.82, 2.24) is 94.1 Å². The Labute approximate surface area is 662 Å². The normalized spacial score (nSPS) is 12.9. The molecule has 9 heterocycles. The highest BCUT2D eigenvalue weighted by Crippen LogP contribution is 2.37. The van der Waals surface area contributed by atoms with Gasteiger partial charge in [-0.3, -0.25) is 42.6 Å². The first-order chi connectivity index (χ1) is 52.3. The van der Waals surface area contributed by atoms with Crippen LogP contribution in [0.3, 0.4) is 0 Å². The van der Waals surface area contributed by atoms with Crippen LogP contribution in [-0.4, -0.2) is 234 Å². The van der Waals surface area contributed by atoms with Crippen molar-refractivity contribution in [2.24, 2.45) is 19.8 Å². The van der Waals surface area contributed by atoms with Crippen molar-refractivity contribution in [2.45, 2.75) is 86.1 Å². The van der Waals surface area contributed by atoms with Crippen LogP contribution in [0.2, 0.25) is 0 Å². The zero-order valence-electron chi connectivity index (χ0n) is 67.5. The maximum Gasteiger partial charge on any atom is 0.496 e. The van der Waals surface area contributed by atoms with Gasteiger partial charge < -0.3 is 55.7 Å². The first-order valence-electron chi connectivity index (χ1n) is 36.0. The summed E-state index contributed by atoms with van der Waals surface area (Å²) >= 11 is 9.58. The van der Waals surface area contributed by atoms with Gasteiger partial charge in [0.1, 0.15) is 45.4 Å². The van der Waals surface area contributed by atoms with Crippen molar-refractivity contribution in [3.8, 4) is 11.1 Å². The van der Waals surface area contributed by atoms with Gasteiger partial charge >= 0.3 is 24.5 Å². The number of hydrogen-bond donors (Lipinski definition) is 5. The molecule has 0 saturated carbocycles. The molecule has 1 saturated heterocycles. The van der Waals surface area contributed by atoms with Gasteiger partial charge in [0.15, 0.2) is 11.3 Å². The third-order valence-electron chi connectivity index (χ3n) is 16.6. The Morgan fingerprint density at radius 1 is 0.565 bits per heavy atom. The molecule has 11 rings (SSSR count). The van der Waals surface area contributed by atoms with Crippen LogP contribution in [0, 0.1) is 11.6 Å². The molecule has 8 aromatic heterocycles. The number of nitrogens with zero attached hydrogens (tertiary/aromatic N) is 16. The van der Waals surface area contributed by atoms with Crippen molar-refractivity contribution in [3.63, 3.8) is 0 Å². The topological polar surface area (TPSA) is 339 Å². The van der Waals surface area contributed by atoms with Gasteiger partial charge in [-0.2, -0.15) is 0 Å². The van der Waals surface area contributed by atoms with Crippen LogP contribution in [-0.2, 0) is 23.4 Å². The maximum atomic E-state index is 15.0. The smallest absolute Gasteiger partial charge is 0.477 e. The lowest BCUT2D eigenvalue weighted by Crippen LogP contribution is -2.41. The van der Waals surface area contributed by atoms with E-state index in [4.69, 9.17) is 26.1 Å². The van der Waals surface area contributed by atoms with E-state index in [1.807, 2.05) is 133 Å². The number of carbonyl (C=O) groups excluding carboxylic acids is 3. The van der Waals surface area contributed by atoms with Gasteiger partial charge in [-0.1, -0.05) is 19.6 Å². The summed E-state index contributed by atoms with van der Waals surface area (Å²) in [7, 11) is 18.5. The predicted octanol–water partition coefficient (Wildman–Crippen LogP) is 9.60. The number of carboxylic acids is 1. The standard InChI is InChI=1S/C23H26FN7O2.C16H26BN3O3.C13H12BrFN4O.C10H14BrN3O.C6H4BrNO2.C4H12N2.CH4.4H2/c1-13(2)31-20-16-10-15(17(24)11-19(16)27-28-21(20)30(5)23(31)33)14-6-7-18(26-12-14)22(32)25-8-9-29(3)4;1-15(2)16(3,4)23-17(22-15)12-7-8-13(19-11-12)14(21)18-9-10-20(5)6;1-6(2)19-11-7-4-8(14)9(15)5-10(7)16-17-12(11)18(3)13(19)20;1-14(2)6-5-12-10(15)9-4-3-8(11)7-13-9;7-4-1-2-5(6(9)10)8-3-4;1-6(2)4-3-5;;;;;/h6-7,10-13H,8-9H2,1-5H3,(H,25,32);7-8,11H,9-10H2,1-6H3,(H,18,21);4-6H,1-3H3;3-4,7H,5-6H2,1-2H3,(H,12,15);1-3H,(H,9,10);3-5H2,1-2H3;1H4;4*1H/i;;;;;;;2*1+1D;2*1+1. The van der Waals surface area contributed by atoms with Crippen LogP contribution in [0.15, 0.2) is 121 Å². The average Bonchev–Trinajstić information content (AvgIpc) is 1.59. The molecule has 1 fully saturated rings. The molecule has 0 unspecified atom stereocenters. The van der Waals surface area contributed by atoms with Crippen molar-refractivity contribution in [3.05, 3.63) is 166 Å². The molecule has 1 aliphatic heterocycles. The summed E-state index contributed by atoms with van der Waals surface area (Å²) in [6.45, 7) is 21.5. The molecule has 108 heavy (non-hydrogen) atoms. The number of fused-ring (bicyclic) bond motifs is 6. The number of halogens is 5. The number of carbonyl (C=O) groups is 4. The number of carboxylic acid groups (broad SMARTS) is 1. The molecule has 10 aromatic rings. The maximum absolute atomic E-state index is 15.0. The molecule has 6 N–H and O–H groups in total. The number of benzene rings is 2. The summed E-state index contributed by atoms with van der Waals surface area (Å²) < 4.78 is 68.7. The fourth-order valence-electron chi connectivity index (χ4n) is 10.1. The Hall–Kier alpha value is -8.78. The molecule has 35 heteroatoms. The number of hydrogen-bond acceptors (Lipinski definition) is 21. The lowest BCUT2D eigenvalue weighted by molar-refractivity contribution is 0.00578. The third-order valence-corrected chi connectivity index (χ3v) is 18.1. The largest absolute Gasteiger partial charge is 0.496 e. The van der Waals surface area contributed by atoms with E-state index in [9.17, 15) is 37.5 Å². The van der Waals surface area contributed by atoms with E-state index in [2.05, 4.69) is 109 Å². The van der Waals surface area contributed by atoms with E-state index in [1.54, 1.807) is 84.2 Å². The van der Waals surface area contributed by atoms with Crippen molar-refractivity contribution >= 4 is 128 Å². The van der Waals surface area contributed by atoms with Gasteiger partial charge in [0, 0.05) is 161 Å². The minimum absolute atomic E-state index is 0. The average molecular weight is 1700 g/mol. The molecule has 2 aromatic carbocycles. The van der Waals surface area contributed by atoms with E-state index in [1.165, 1.54) is 39.7 Å². The quantitative estimate of drug-likeness (QED) is 0.0470. The number of amides is 3. The molecule has 590 valence electrons. The minimum Gasteiger partial charge on any atom is -0.477 e. The number of likely N-dealkylation sites (N-methyl/N-ethyl adjacent to an activating group) is 4. The number of aromatic carboxylic acids is 1.